The summed E-state index contributed by atoms with van der Waals surface area (Å²) in [4.78, 5) is 116. The average Bonchev–Trinajstić information content (AvgIpc) is 1.56. The number of carbonyl (C=O) groups is 8. The summed E-state index contributed by atoms with van der Waals surface area (Å²) in [5, 5.41) is 15.6. The maximum absolute atomic E-state index is 13.8. The van der Waals surface area contributed by atoms with Gasteiger partial charge in [-0.25, -0.2) is 15.2 Å². The standard InChI is InChI=1S/C32H41F2N5O6.C32H42FN5O6/c1-18(2)26-28(41)36-20(4)29(42)39-15-7-8-24(38-39)27(40)35-19(3)23-12-11-22-10-9-21(16-25(22)37-23)13-14-31(5,30(43)45-26)17-44-32(6,33)34;1-18(2)27-29(40)35-20(4)30(41)38-15-7-8-25(37-38)28(39)34-19(3)24-12-11-23-10-9-22(16-26(23)36-24)13-14-32(6,31(42)44-27)17-43-21(5)33/h9-14,16,18-20,24,26,38H,7-8,15,17H2,1-6H3,(H,35,40)(H,36,41);9-14,16,18-21,25,27,37H,7-8,15,17H2,1-6H3,(H,34,39)(H,35,40)/b2*14-13+/t19-,20+,24+,26+,31-;19-,20+,21?,25+,27+,32-/m11/s1. The highest BCUT2D eigenvalue weighted by Crippen LogP contribution is 2.31. The molecule has 10 bridgehead atoms. The van der Waals surface area contributed by atoms with Gasteiger partial charge in [0.25, 0.3) is 23.6 Å². The molecule has 6 amide bonds. The van der Waals surface area contributed by atoms with Crippen molar-refractivity contribution in [1.82, 2.24) is 52.1 Å². The minimum Gasteiger partial charge on any atom is -0.451 e. The summed E-state index contributed by atoms with van der Waals surface area (Å²) in [5.74, 6) is -5.57. The van der Waals surface area contributed by atoms with E-state index in [2.05, 4.69) is 32.1 Å². The van der Waals surface area contributed by atoms with Crippen LogP contribution in [0.4, 0.5) is 13.2 Å². The Morgan fingerprint density at radius 2 is 0.966 bits per heavy atom. The van der Waals surface area contributed by atoms with Crippen molar-refractivity contribution in [3.63, 3.8) is 0 Å². The maximum atomic E-state index is 13.8. The predicted molar refractivity (Wildman–Crippen MR) is 324 cm³/mol. The van der Waals surface area contributed by atoms with E-state index in [1.54, 1.807) is 71.9 Å². The quantitative estimate of drug-likeness (QED) is 0.0970. The molecule has 0 spiro atoms. The van der Waals surface area contributed by atoms with Crippen LogP contribution in [0.5, 0.6) is 0 Å². The molecule has 482 valence electrons. The van der Waals surface area contributed by atoms with Gasteiger partial charge in [-0.1, -0.05) is 88.4 Å². The van der Waals surface area contributed by atoms with Crippen LogP contribution in [-0.2, 0) is 57.3 Å². The van der Waals surface area contributed by atoms with Gasteiger partial charge < -0.3 is 40.2 Å². The molecule has 8 rings (SSSR count). The summed E-state index contributed by atoms with van der Waals surface area (Å²) in [6, 6.07) is 14.2. The van der Waals surface area contributed by atoms with Gasteiger partial charge >= 0.3 is 18.0 Å². The molecule has 22 nitrogen and oxygen atoms in total. The van der Waals surface area contributed by atoms with Crippen LogP contribution in [0.2, 0.25) is 0 Å². The summed E-state index contributed by atoms with van der Waals surface area (Å²) >= 11 is 0. The number of halogens is 3. The summed E-state index contributed by atoms with van der Waals surface area (Å²) in [6.07, 6.45) is 0.664. The van der Waals surface area contributed by atoms with Gasteiger partial charge in [-0.15, -0.1) is 0 Å². The minimum atomic E-state index is -3.53. The van der Waals surface area contributed by atoms with E-state index < -0.39 is 126 Å². The zero-order valence-electron chi connectivity index (χ0n) is 52.4. The second-order valence-corrected chi connectivity index (χ2v) is 24.5. The molecule has 1 unspecified atom stereocenters. The molecule has 11 atom stereocenters. The smallest absolute Gasteiger partial charge is 0.352 e. The van der Waals surface area contributed by atoms with Gasteiger partial charge in [0.1, 0.15) is 35.0 Å². The van der Waals surface area contributed by atoms with Crippen molar-refractivity contribution in [2.24, 2.45) is 22.7 Å². The molecule has 0 aliphatic carbocycles. The molecule has 0 saturated carbocycles. The van der Waals surface area contributed by atoms with Crippen molar-refractivity contribution >= 4 is 81.3 Å². The van der Waals surface area contributed by atoms with Crippen molar-refractivity contribution in [2.75, 3.05) is 26.3 Å². The van der Waals surface area contributed by atoms with E-state index in [4.69, 9.17) is 28.9 Å². The SMILES string of the molecule is CC(C)[C@@H]1OC(=O)[C@@](C)(COC(C)(F)F)/C=C/c2ccc3ccc(nc3c2)[C@@H](C)NC(=O)[C@@H]2CCCN(N2)C(=O)[C@H](C)NC1=O.CC(F)OC[C@@]1(C)/C=C/c2ccc3ccc(nc3c2)[C@@H](C)NC(=O)[C@@H]2CCCN(N2)C(=O)[C@H](C)NC(=O)[C@H](C(C)C)OC1=O. The monoisotopic (exact) mass is 1240 g/mol. The number of pyridine rings is 2. The number of amides is 6. The number of carbonyl (C=O) groups excluding carboxylic acids is 8. The largest absolute Gasteiger partial charge is 0.451 e. The molecule has 2 aromatic heterocycles. The lowest BCUT2D eigenvalue weighted by Gasteiger charge is -2.35. The molecule has 2 fully saturated rings. The second kappa shape index (κ2) is 29.2. The van der Waals surface area contributed by atoms with Gasteiger partial charge in [-0.2, -0.15) is 8.78 Å². The minimum absolute atomic E-state index is 0.271. The Balaban J connectivity index is 0.000000254. The molecule has 4 aliphatic rings. The first-order chi connectivity index (χ1) is 41.8. The number of benzene rings is 2. The summed E-state index contributed by atoms with van der Waals surface area (Å²) in [5.41, 5.74) is 6.67. The van der Waals surface area contributed by atoms with Gasteiger partial charge in [0, 0.05) is 30.8 Å². The fraction of sp³-hybridized carbons (Fsp3) is 0.531. The lowest BCUT2D eigenvalue weighted by Crippen LogP contribution is -2.61. The van der Waals surface area contributed by atoms with Crippen LogP contribution < -0.4 is 32.1 Å². The van der Waals surface area contributed by atoms with Crippen LogP contribution in [0, 0.1) is 22.7 Å². The Bertz CT molecular complexity index is 3340. The zero-order valence-corrected chi connectivity index (χ0v) is 52.4. The molecule has 6 heterocycles. The first-order valence-electron chi connectivity index (χ1n) is 30.1. The van der Waals surface area contributed by atoms with E-state index in [0.717, 1.165) is 10.8 Å². The third kappa shape index (κ3) is 17.9. The summed E-state index contributed by atoms with van der Waals surface area (Å²) < 4.78 is 62.6. The molecule has 0 radical (unpaired) electrons. The fourth-order valence-corrected chi connectivity index (χ4v) is 10.2. The fourth-order valence-electron chi connectivity index (χ4n) is 10.2. The normalized spacial score (nSPS) is 28.4. The number of alkyl halides is 3. The Morgan fingerprint density at radius 3 is 1.35 bits per heavy atom. The van der Waals surface area contributed by atoms with Crippen LogP contribution in [0.15, 0.2) is 72.8 Å². The maximum Gasteiger partial charge on any atom is 0.352 e. The Labute approximate surface area is 516 Å². The number of fused-ring (bicyclic) bond motifs is 8. The van der Waals surface area contributed by atoms with Crippen LogP contribution in [0.1, 0.15) is 143 Å². The van der Waals surface area contributed by atoms with Gasteiger partial charge in [0.05, 0.1) is 47.7 Å². The highest BCUT2D eigenvalue weighted by atomic mass is 19.3. The highest BCUT2D eigenvalue weighted by Gasteiger charge is 2.42. The number of esters is 2. The van der Waals surface area contributed by atoms with Crippen molar-refractivity contribution in [3.05, 3.63) is 95.3 Å². The van der Waals surface area contributed by atoms with Gasteiger partial charge in [-0.05, 0) is 121 Å². The number of hydrazine groups is 2. The van der Waals surface area contributed by atoms with Crippen LogP contribution >= 0.6 is 0 Å². The van der Waals surface area contributed by atoms with Gasteiger partial charge in [0.15, 0.2) is 18.6 Å². The lowest BCUT2D eigenvalue weighted by atomic mass is 9.90. The number of aromatic nitrogens is 2. The molecule has 4 aromatic rings. The number of nitrogens with one attached hydrogen (secondary N) is 6. The Kier molecular flexibility index (Phi) is 22.5. The number of cyclic esters (lactones) is 2. The Hall–Kier alpha value is -7.87. The first kappa shape index (κ1) is 68.6. The van der Waals surface area contributed by atoms with Gasteiger partial charge in [-0.3, -0.25) is 58.3 Å². The third-order valence-electron chi connectivity index (χ3n) is 15.7. The molecular weight excluding hydrogens is 1160 g/mol. The zero-order chi connectivity index (χ0) is 65.3. The summed E-state index contributed by atoms with van der Waals surface area (Å²) in [7, 11) is 0. The molecule has 4 aliphatic heterocycles. The second-order valence-electron chi connectivity index (χ2n) is 24.5. The predicted octanol–water partition coefficient (Wildman–Crippen LogP) is 6.99. The number of hydrogen-bond acceptors (Lipinski definition) is 16. The number of rotatable bonds is 8. The first-order valence-corrected chi connectivity index (χ1v) is 30.1. The van der Waals surface area contributed by atoms with Crippen LogP contribution in [0.25, 0.3) is 34.0 Å². The third-order valence-corrected chi connectivity index (χ3v) is 15.7. The van der Waals surface area contributed by atoms with Crippen LogP contribution in [-0.4, -0.2) is 143 Å². The van der Waals surface area contributed by atoms with E-state index >= 15 is 0 Å². The van der Waals surface area contributed by atoms with E-state index in [1.807, 2.05) is 55.5 Å². The molecular formula is C64H83F3N10O12. The van der Waals surface area contributed by atoms with E-state index in [1.165, 1.54) is 43.8 Å². The lowest BCUT2D eigenvalue weighted by molar-refractivity contribution is -0.236. The topological polar surface area (TPSA) is 278 Å². The number of hydrogen-bond donors (Lipinski definition) is 6. The van der Waals surface area contributed by atoms with Crippen molar-refractivity contribution in [1.29, 1.82) is 0 Å². The number of ether oxygens (including phenoxy) is 4. The van der Waals surface area contributed by atoms with Crippen LogP contribution in [0.3, 0.4) is 0 Å². The Morgan fingerprint density at radius 1 is 0.584 bits per heavy atom. The highest BCUT2D eigenvalue weighted by molar-refractivity contribution is 5.93. The number of nitrogens with zero attached hydrogens (tertiary/aromatic N) is 4. The van der Waals surface area contributed by atoms with Crippen molar-refractivity contribution < 1.29 is 70.5 Å². The van der Waals surface area contributed by atoms with E-state index in [0.29, 0.717) is 79.2 Å². The van der Waals surface area contributed by atoms with E-state index in [9.17, 15) is 51.5 Å². The molecule has 2 saturated heterocycles. The summed E-state index contributed by atoms with van der Waals surface area (Å²) in [6.45, 7) is 17.7. The van der Waals surface area contributed by atoms with Crippen molar-refractivity contribution in [2.45, 2.75) is 170 Å². The van der Waals surface area contributed by atoms with E-state index in [-0.39, 0.29) is 18.4 Å². The average molecular weight is 1240 g/mol. The molecule has 2 aromatic carbocycles. The van der Waals surface area contributed by atoms with Gasteiger partial charge in [0.2, 0.25) is 11.8 Å². The van der Waals surface area contributed by atoms with Crippen molar-refractivity contribution in [3.8, 4) is 0 Å². The molecule has 25 heteroatoms. The molecule has 6 N–H and O–H groups in total. The molecule has 89 heavy (non-hydrogen) atoms.